The lowest BCUT2D eigenvalue weighted by molar-refractivity contribution is -0.132. The Kier molecular flexibility index (Phi) is 7.96. The molecule has 0 radical (unpaired) electrons. The van der Waals surface area contributed by atoms with E-state index >= 15 is 0 Å². The van der Waals surface area contributed by atoms with Gasteiger partial charge in [-0.1, -0.05) is 0 Å². The van der Waals surface area contributed by atoms with Crippen molar-refractivity contribution in [3.63, 3.8) is 0 Å². The molecule has 0 aliphatic carbocycles. The van der Waals surface area contributed by atoms with Crippen molar-refractivity contribution in [2.45, 2.75) is 32.8 Å². The number of nitrogens with one attached hydrogen (secondary N) is 2. The van der Waals surface area contributed by atoms with Crippen LogP contribution in [0.4, 0.5) is 0 Å². The number of rotatable bonds is 9. The van der Waals surface area contributed by atoms with E-state index in [4.69, 9.17) is 9.47 Å². The minimum Gasteiger partial charge on any atom is -0.379 e. The normalized spacial score (nSPS) is 20.9. The number of carbonyl (C=O) groups excluding carboxylic acids is 1. The molecule has 0 saturated carbocycles. The third kappa shape index (κ3) is 6.33. The summed E-state index contributed by atoms with van der Waals surface area (Å²) in [6.45, 7) is 8.33. The van der Waals surface area contributed by atoms with E-state index in [1.54, 1.807) is 6.92 Å². The van der Waals surface area contributed by atoms with Crippen LogP contribution in [0.5, 0.6) is 0 Å². The monoisotopic (exact) mass is 258 g/mol. The number of ether oxygens (including phenoxy) is 2. The van der Waals surface area contributed by atoms with E-state index in [9.17, 15) is 4.79 Å². The minimum absolute atomic E-state index is 0.0301. The summed E-state index contributed by atoms with van der Waals surface area (Å²) in [7, 11) is 0. The molecule has 106 valence electrons. The second-order valence-corrected chi connectivity index (χ2v) is 4.65. The first kappa shape index (κ1) is 15.4. The van der Waals surface area contributed by atoms with Gasteiger partial charge in [-0.3, -0.25) is 4.79 Å². The Morgan fingerprint density at radius 3 is 3.00 bits per heavy atom. The van der Waals surface area contributed by atoms with Crippen LogP contribution in [0.25, 0.3) is 0 Å². The van der Waals surface area contributed by atoms with Crippen LogP contribution in [0.3, 0.4) is 0 Å². The fourth-order valence-electron chi connectivity index (χ4n) is 2.01. The SMILES string of the molecule is CCOCCOC(C)C(=O)NCCC1CCNC1. The highest BCUT2D eigenvalue weighted by Crippen LogP contribution is 2.10. The molecule has 5 heteroatoms. The molecule has 2 unspecified atom stereocenters. The maximum atomic E-state index is 11.7. The highest BCUT2D eigenvalue weighted by Gasteiger charge is 2.16. The molecule has 18 heavy (non-hydrogen) atoms. The molecule has 0 aromatic heterocycles. The molecular formula is C13H26N2O3. The van der Waals surface area contributed by atoms with Gasteiger partial charge in [0, 0.05) is 13.2 Å². The molecule has 0 bridgehead atoms. The Balaban J connectivity index is 2.00. The standard InChI is InChI=1S/C13H26N2O3/c1-3-17-8-9-18-11(2)13(16)15-7-5-12-4-6-14-10-12/h11-12,14H,3-10H2,1-2H3,(H,15,16). The minimum atomic E-state index is -0.396. The van der Waals surface area contributed by atoms with Gasteiger partial charge in [-0.25, -0.2) is 0 Å². The lowest BCUT2D eigenvalue weighted by Gasteiger charge is -2.14. The predicted molar refractivity (Wildman–Crippen MR) is 70.5 cm³/mol. The number of carbonyl (C=O) groups is 1. The third-order valence-corrected chi connectivity index (χ3v) is 3.18. The third-order valence-electron chi connectivity index (χ3n) is 3.18. The van der Waals surface area contributed by atoms with Gasteiger partial charge in [0.2, 0.25) is 5.91 Å². The molecular weight excluding hydrogens is 232 g/mol. The summed E-state index contributed by atoms with van der Waals surface area (Å²) in [4.78, 5) is 11.7. The van der Waals surface area contributed by atoms with E-state index < -0.39 is 6.10 Å². The smallest absolute Gasteiger partial charge is 0.248 e. The second kappa shape index (κ2) is 9.30. The van der Waals surface area contributed by atoms with Gasteiger partial charge in [0.1, 0.15) is 6.10 Å². The van der Waals surface area contributed by atoms with Crippen LogP contribution in [0.15, 0.2) is 0 Å². The lowest BCUT2D eigenvalue weighted by Crippen LogP contribution is -2.36. The zero-order valence-corrected chi connectivity index (χ0v) is 11.5. The van der Waals surface area contributed by atoms with Crippen LogP contribution in [-0.2, 0) is 14.3 Å². The first-order valence-corrected chi connectivity index (χ1v) is 6.91. The van der Waals surface area contributed by atoms with Gasteiger partial charge in [-0.2, -0.15) is 0 Å². The molecule has 1 rings (SSSR count). The first-order chi connectivity index (χ1) is 8.74. The average Bonchev–Trinajstić information content (AvgIpc) is 2.87. The van der Waals surface area contributed by atoms with E-state index in [0.29, 0.717) is 25.7 Å². The van der Waals surface area contributed by atoms with Crippen LogP contribution in [0.1, 0.15) is 26.7 Å². The predicted octanol–water partition coefficient (Wildman–Crippen LogP) is 0.544. The van der Waals surface area contributed by atoms with E-state index in [1.165, 1.54) is 6.42 Å². The van der Waals surface area contributed by atoms with Crippen molar-refractivity contribution >= 4 is 5.91 Å². The van der Waals surface area contributed by atoms with Crippen molar-refractivity contribution in [1.29, 1.82) is 0 Å². The molecule has 2 atom stereocenters. The van der Waals surface area contributed by atoms with Crippen molar-refractivity contribution in [3.8, 4) is 0 Å². The van der Waals surface area contributed by atoms with Crippen LogP contribution in [-0.4, -0.2) is 51.5 Å². The summed E-state index contributed by atoms with van der Waals surface area (Å²) in [5.74, 6) is 0.678. The molecule has 5 nitrogen and oxygen atoms in total. The van der Waals surface area contributed by atoms with Crippen LogP contribution < -0.4 is 10.6 Å². The number of hydrogen-bond acceptors (Lipinski definition) is 4. The Labute approximate surface area is 110 Å². The van der Waals surface area contributed by atoms with Gasteiger partial charge in [-0.05, 0) is 45.7 Å². The highest BCUT2D eigenvalue weighted by molar-refractivity contribution is 5.80. The fraction of sp³-hybridized carbons (Fsp3) is 0.923. The van der Waals surface area contributed by atoms with E-state index in [2.05, 4.69) is 10.6 Å². The van der Waals surface area contributed by atoms with Crippen molar-refractivity contribution in [1.82, 2.24) is 10.6 Å². The largest absolute Gasteiger partial charge is 0.379 e. The van der Waals surface area contributed by atoms with E-state index in [-0.39, 0.29) is 5.91 Å². The number of amides is 1. The van der Waals surface area contributed by atoms with Crippen LogP contribution in [0, 0.1) is 5.92 Å². The fourth-order valence-corrected chi connectivity index (χ4v) is 2.01. The molecule has 1 aliphatic rings. The summed E-state index contributed by atoms with van der Waals surface area (Å²) in [6.07, 6.45) is 1.87. The summed E-state index contributed by atoms with van der Waals surface area (Å²) in [6, 6.07) is 0. The van der Waals surface area contributed by atoms with Gasteiger partial charge in [0.25, 0.3) is 0 Å². The molecule has 1 heterocycles. The van der Waals surface area contributed by atoms with Crippen molar-refractivity contribution in [3.05, 3.63) is 0 Å². The topological polar surface area (TPSA) is 59.6 Å². The molecule has 1 amide bonds. The summed E-state index contributed by atoms with van der Waals surface area (Å²) in [5, 5.41) is 6.24. The van der Waals surface area contributed by atoms with Gasteiger partial charge in [0.15, 0.2) is 0 Å². The summed E-state index contributed by atoms with van der Waals surface area (Å²) in [5.41, 5.74) is 0. The van der Waals surface area contributed by atoms with Crippen molar-refractivity contribution in [2.24, 2.45) is 5.92 Å². The van der Waals surface area contributed by atoms with Gasteiger partial charge in [0.05, 0.1) is 13.2 Å². The molecule has 1 fully saturated rings. The van der Waals surface area contributed by atoms with Crippen molar-refractivity contribution in [2.75, 3.05) is 39.5 Å². The van der Waals surface area contributed by atoms with Crippen LogP contribution in [0.2, 0.25) is 0 Å². The Morgan fingerprint density at radius 2 is 2.33 bits per heavy atom. The number of hydrogen-bond donors (Lipinski definition) is 2. The molecule has 0 aromatic rings. The summed E-state index contributed by atoms with van der Waals surface area (Å²) < 4.78 is 10.5. The Bertz CT molecular complexity index is 230. The quantitative estimate of drug-likeness (QED) is 0.593. The zero-order chi connectivity index (χ0) is 13.2. The second-order valence-electron chi connectivity index (χ2n) is 4.65. The molecule has 0 spiro atoms. The lowest BCUT2D eigenvalue weighted by atomic mass is 10.1. The van der Waals surface area contributed by atoms with Gasteiger partial charge in [-0.15, -0.1) is 0 Å². The molecule has 0 aromatic carbocycles. The van der Waals surface area contributed by atoms with Crippen LogP contribution >= 0.6 is 0 Å². The van der Waals surface area contributed by atoms with Gasteiger partial charge < -0.3 is 20.1 Å². The van der Waals surface area contributed by atoms with E-state index in [0.717, 1.165) is 26.1 Å². The maximum Gasteiger partial charge on any atom is 0.248 e. The maximum absolute atomic E-state index is 11.7. The molecule has 1 saturated heterocycles. The van der Waals surface area contributed by atoms with E-state index in [1.807, 2.05) is 6.92 Å². The average molecular weight is 258 g/mol. The molecule has 2 N–H and O–H groups in total. The van der Waals surface area contributed by atoms with Crippen molar-refractivity contribution < 1.29 is 14.3 Å². The molecule has 1 aliphatic heterocycles. The van der Waals surface area contributed by atoms with Gasteiger partial charge >= 0.3 is 0 Å². The Hall–Kier alpha value is -0.650. The Morgan fingerprint density at radius 1 is 1.50 bits per heavy atom. The first-order valence-electron chi connectivity index (χ1n) is 6.91. The highest BCUT2D eigenvalue weighted by atomic mass is 16.5. The zero-order valence-electron chi connectivity index (χ0n) is 11.5. The summed E-state index contributed by atoms with van der Waals surface area (Å²) >= 11 is 0.